The van der Waals surface area contributed by atoms with Crippen LogP contribution in [-0.2, 0) is 9.59 Å². The van der Waals surface area contributed by atoms with Crippen LogP contribution >= 0.6 is 0 Å². The lowest BCUT2D eigenvalue weighted by atomic mass is 9.88. The molecule has 0 N–H and O–H groups in total. The lowest BCUT2D eigenvalue weighted by Crippen LogP contribution is -2.42. The molecule has 0 saturated carbocycles. The molecular weight excluding hydrogens is 376 g/mol. The molecule has 0 spiro atoms. The molecule has 5 nitrogen and oxygen atoms in total. The van der Waals surface area contributed by atoms with Crippen LogP contribution in [0, 0.1) is 5.92 Å². The van der Waals surface area contributed by atoms with Gasteiger partial charge >= 0.3 is 0 Å². The second-order valence-electron chi connectivity index (χ2n) is 7.98. The lowest BCUT2D eigenvalue weighted by Gasteiger charge is -2.36. The molecule has 2 amide bonds. The van der Waals surface area contributed by atoms with E-state index in [0.29, 0.717) is 25.9 Å². The van der Waals surface area contributed by atoms with E-state index in [0.717, 1.165) is 16.7 Å². The molecule has 2 aliphatic rings. The van der Waals surface area contributed by atoms with Crippen molar-refractivity contribution in [2.45, 2.75) is 32.2 Å². The Bertz CT molecular complexity index is 975. The van der Waals surface area contributed by atoms with Crippen molar-refractivity contribution in [3.05, 3.63) is 77.5 Å². The van der Waals surface area contributed by atoms with Gasteiger partial charge in [0.25, 0.3) is 0 Å². The average molecular weight is 402 g/mol. The maximum atomic E-state index is 13.1. The second kappa shape index (κ2) is 8.66. The Morgan fingerprint density at radius 2 is 1.60 bits per heavy atom. The molecule has 0 aliphatic carbocycles. The quantitative estimate of drug-likeness (QED) is 0.725. The molecule has 1 fully saturated rings. The first-order valence-electron chi connectivity index (χ1n) is 10.5. The average Bonchev–Trinajstić information content (AvgIpc) is 2.79. The van der Waals surface area contributed by atoms with Crippen LogP contribution < -0.4 is 0 Å². The minimum atomic E-state index is -0.292. The van der Waals surface area contributed by atoms with E-state index in [9.17, 15) is 14.4 Å². The highest BCUT2D eigenvalue weighted by atomic mass is 16.2. The van der Waals surface area contributed by atoms with Crippen molar-refractivity contribution < 1.29 is 14.4 Å². The number of carbonyl (C=O) groups excluding carboxylic acids is 3. The Morgan fingerprint density at radius 3 is 2.30 bits per heavy atom. The SMILES string of the molecule is CC(=O)N1C=Cc2ccccc2C1CC(=O)N1CCC(C(=O)c2ccccc2)CC1. The van der Waals surface area contributed by atoms with Crippen LogP contribution in [0.25, 0.3) is 6.08 Å². The number of Topliss-reactive ketones (excluding diaryl/α,β-unsaturated/α-hetero) is 1. The highest BCUT2D eigenvalue weighted by Gasteiger charge is 2.32. The van der Waals surface area contributed by atoms with Crippen molar-refractivity contribution in [3.63, 3.8) is 0 Å². The largest absolute Gasteiger partial charge is 0.343 e. The van der Waals surface area contributed by atoms with Crippen molar-refractivity contribution in [3.8, 4) is 0 Å². The number of hydrogen-bond donors (Lipinski definition) is 0. The van der Waals surface area contributed by atoms with Gasteiger partial charge in [0.15, 0.2) is 5.78 Å². The maximum Gasteiger partial charge on any atom is 0.225 e. The van der Waals surface area contributed by atoms with Crippen LogP contribution in [0.2, 0.25) is 0 Å². The van der Waals surface area contributed by atoms with E-state index in [1.807, 2.05) is 65.6 Å². The van der Waals surface area contributed by atoms with E-state index in [1.165, 1.54) is 6.92 Å². The minimum absolute atomic E-state index is 0.0296. The number of ketones is 1. The van der Waals surface area contributed by atoms with Gasteiger partial charge in [0.2, 0.25) is 11.8 Å². The van der Waals surface area contributed by atoms with Crippen molar-refractivity contribution in [2.75, 3.05) is 13.1 Å². The van der Waals surface area contributed by atoms with Crippen molar-refractivity contribution in [1.29, 1.82) is 0 Å². The fourth-order valence-electron chi connectivity index (χ4n) is 4.44. The Balaban J connectivity index is 1.41. The molecule has 2 heterocycles. The predicted octanol–water partition coefficient (Wildman–Crippen LogP) is 4.07. The molecule has 5 heteroatoms. The van der Waals surface area contributed by atoms with Gasteiger partial charge in [0.1, 0.15) is 0 Å². The zero-order chi connectivity index (χ0) is 21.1. The molecule has 1 unspecified atom stereocenters. The first-order valence-corrected chi connectivity index (χ1v) is 10.5. The molecule has 0 aromatic heterocycles. The van der Waals surface area contributed by atoms with Gasteiger partial charge in [-0.1, -0.05) is 54.6 Å². The molecule has 2 aliphatic heterocycles. The number of nitrogens with zero attached hydrogens (tertiary/aromatic N) is 2. The molecule has 154 valence electrons. The first kappa shape index (κ1) is 20.1. The summed E-state index contributed by atoms with van der Waals surface area (Å²) in [5.74, 6) is 0.0768. The Hall–Kier alpha value is -3.21. The number of hydrogen-bond acceptors (Lipinski definition) is 3. The number of likely N-dealkylation sites (tertiary alicyclic amines) is 1. The number of piperidine rings is 1. The van der Waals surface area contributed by atoms with E-state index in [-0.39, 0.29) is 36.0 Å². The molecule has 1 atom stereocenters. The van der Waals surface area contributed by atoms with E-state index in [2.05, 4.69) is 0 Å². The van der Waals surface area contributed by atoms with Crippen LogP contribution in [0.3, 0.4) is 0 Å². The highest BCUT2D eigenvalue weighted by molar-refractivity contribution is 5.98. The number of rotatable bonds is 4. The fourth-order valence-corrected chi connectivity index (χ4v) is 4.44. The third-order valence-corrected chi connectivity index (χ3v) is 6.11. The summed E-state index contributed by atoms with van der Waals surface area (Å²) < 4.78 is 0. The molecule has 4 rings (SSSR count). The number of benzene rings is 2. The molecule has 0 radical (unpaired) electrons. The van der Waals surface area contributed by atoms with Gasteiger partial charge in [-0.2, -0.15) is 0 Å². The van der Waals surface area contributed by atoms with Gasteiger partial charge in [-0.05, 0) is 30.0 Å². The molecule has 1 saturated heterocycles. The van der Waals surface area contributed by atoms with Crippen LogP contribution in [0.1, 0.15) is 53.7 Å². The smallest absolute Gasteiger partial charge is 0.225 e. The highest BCUT2D eigenvalue weighted by Crippen LogP contribution is 2.34. The van der Waals surface area contributed by atoms with Crippen LogP contribution in [0.5, 0.6) is 0 Å². The lowest BCUT2D eigenvalue weighted by molar-refractivity contribution is -0.135. The number of carbonyl (C=O) groups is 3. The van der Waals surface area contributed by atoms with Crippen molar-refractivity contribution in [2.24, 2.45) is 5.92 Å². The molecule has 2 aromatic carbocycles. The summed E-state index contributed by atoms with van der Waals surface area (Å²) in [7, 11) is 0. The summed E-state index contributed by atoms with van der Waals surface area (Å²) in [5, 5.41) is 0. The van der Waals surface area contributed by atoms with Gasteiger partial charge < -0.3 is 9.80 Å². The first-order chi connectivity index (χ1) is 14.5. The third kappa shape index (κ3) is 4.06. The van der Waals surface area contributed by atoms with Gasteiger partial charge in [0.05, 0.1) is 12.5 Å². The summed E-state index contributed by atoms with van der Waals surface area (Å²) in [6, 6.07) is 17.0. The Labute approximate surface area is 177 Å². The van der Waals surface area contributed by atoms with E-state index >= 15 is 0 Å². The van der Waals surface area contributed by atoms with E-state index in [1.54, 1.807) is 11.1 Å². The summed E-state index contributed by atoms with van der Waals surface area (Å²) >= 11 is 0. The van der Waals surface area contributed by atoms with Crippen molar-refractivity contribution in [1.82, 2.24) is 9.80 Å². The van der Waals surface area contributed by atoms with Gasteiger partial charge in [-0.25, -0.2) is 0 Å². The second-order valence-corrected chi connectivity index (χ2v) is 7.98. The zero-order valence-electron chi connectivity index (χ0n) is 17.2. The van der Waals surface area contributed by atoms with Crippen LogP contribution in [-0.4, -0.2) is 40.5 Å². The Kier molecular flexibility index (Phi) is 5.79. The van der Waals surface area contributed by atoms with E-state index < -0.39 is 0 Å². The molecule has 2 aromatic rings. The minimum Gasteiger partial charge on any atom is -0.343 e. The standard InChI is InChI=1S/C25H26N2O3/c1-18(28)27-16-13-19-7-5-6-10-22(19)23(27)17-24(29)26-14-11-21(12-15-26)25(30)20-8-3-2-4-9-20/h2-10,13,16,21,23H,11-12,14-15,17H2,1H3. The summed E-state index contributed by atoms with van der Waals surface area (Å²) in [6.45, 7) is 2.68. The normalized spacial score (nSPS) is 18.8. The number of fused-ring (bicyclic) bond motifs is 1. The predicted molar refractivity (Wildman–Crippen MR) is 115 cm³/mol. The maximum absolute atomic E-state index is 13.1. The zero-order valence-corrected chi connectivity index (χ0v) is 17.2. The van der Waals surface area contributed by atoms with Gasteiger partial charge in [0, 0.05) is 37.7 Å². The topological polar surface area (TPSA) is 57.7 Å². The number of amides is 2. The summed E-state index contributed by atoms with van der Waals surface area (Å²) in [4.78, 5) is 41.4. The third-order valence-electron chi connectivity index (χ3n) is 6.11. The van der Waals surface area contributed by atoms with Gasteiger partial charge in [-0.15, -0.1) is 0 Å². The van der Waals surface area contributed by atoms with Crippen LogP contribution in [0.15, 0.2) is 60.8 Å². The summed E-state index contributed by atoms with van der Waals surface area (Å²) in [5.41, 5.74) is 2.78. The van der Waals surface area contributed by atoms with Crippen molar-refractivity contribution >= 4 is 23.7 Å². The Morgan fingerprint density at radius 1 is 0.933 bits per heavy atom. The van der Waals surface area contributed by atoms with E-state index in [4.69, 9.17) is 0 Å². The molecule has 0 bridgehead atoms. The summed E-state index contributed by atoms with van der Waals surface area (Å²) in [6.07, 6.45) is 5.29. The fraction of sp³-hybridized carbons (Fsp3) is 0.320. The van der Waals surface area contributed by atoms with Gasteiger partial charge in [-0.3, -0.25) is 14.4 Å². The van der Waals surface area contributed by atoms with Crippen LogP contribution in [0.4, 0.5) is 0 Å². The monoisotopic (exact) mass is 402 g/mol. The molecule has 30 heavy (non-hydrogen) atoms. The molecular formula is C25H26N2O3.